The van der Waals surface area contributed by atoms with Crippen LogP contribution < -0.4 is 15.6 Å². The van der Waals surface area contributed by atoms with Gasteiger partial charge >= 0.3 is 0 Å². The molecule has 0 atom stereocenters. The number of nitrogens with two attached hydrogens (primary N) is 2. The van der Waals surface area contributed by atoms with E-state index in [1.54, 1.807) is 12.1 Å². The highest BCUT2D eigenvalue weighted by molar-refractivity contribution is 7.89. The number of benzene rings is 1. The van der Waals surface area contributed by atoms with Crippen LogP contribution in [0.5, 0.6) is 5.75 Å². The number of hydrogen-bond donors (Lipinski definition) is 2. The minimum Gasteiger partial charge on any atom is -0.492 e. The van der Waals surface area contributed by atoms with Gasteiger partial charge < -0.3 is 10.5 Å². The van der Waals surface area contributed by atoms with Crippen LogP contribution >= 0.6 is 12.4 Å². The van der Waals surface area contributed by atoms with Crippen LogP contribution in [0, 0.1) is 0 Å². The number of rotatable bonds is 5. The maximum Gasteiger partial charge on any atom is 0.238 e. The highest BCUT2D eigenvalue weighted by Crippen LogP contribution is 2.15. The SMILES string of the molecule is Cl.NC1CCN(CCOc2ccc(S(N)(=O)=O)cc2)CC1. The molecule has 0 saturated carbocycles. The molecule has 0 radical (unpaired) electrons. The number of hydrogen-bond acceptors (Lipinski definition) is 5. The zero-order valence-corrected chi connectivity index (χ0v) is 13.4. The lowest BCUT2D eigenvalue weighted by molar-refractivity contribution is 0.174. The summed E-state index contributed by atoms with van der Waals surface area (Å²) in [5.74, 6) is 0.645. The highest BCUT2D eigenvalue weighted by atomic mass is 35.5. The zero-order valence-electron chi connectivity index (χ0n) is 11.8. The van der Waals surface area contributed by atoms with E-state index < -0.39 is 10.0 Å². The molecule has 21 heavy (non-hydrogen) atoms. The topological polar surface area (TPSA) is 98.6 Å². The molecule has 0 amide bonds. The van der Waals surface area contributed by atoms with Crippen molar-refractivity contribution in [3.8, 4) is 5.75 Å². The molecular formula is C13H22ClN3O3S. The van der Waals surface area contributed by atoms with Crippen LogP contribution in [-0.2, 0) is 10.0 Å². The Hall–Kier alpha value is -0.860. The van der Waals surface area contributed by atoms with Gasteiger partial charge in [-0.25, -0.2) is 13.6 Å². The molecular weight excluding hydrogens is 314 g/mol. The molecule has 1 aliphatic rings. The summed E-state index contributed by atoms with van der Waals surface area (Å²) in [6.07, 6.45) is 2.06. The van der Waals surface area contributed by atoms with E-state index in [9.17, 15) is 8.42 Å². The van der Waals surface area contributed by atoms with Gasteiger partial charge in [0, 0.05) is 12.6 Å². The van der Waals surface area contributed by atoms with Gasteiger partial charge in [0.25, 0.3) is 0 Å². The maximum atomic E-state index is 11.1. The molecule has 120 valence electrons. The highest BCUT2D eigenvalue weighted by Gasteiger charge is 2.15. The summed E-state index contributed by atoms with van der Waals surface area (Å²) in [4.78, 5) is 2.41. The van der Waals surface area contributed by atoms with Crippen molar-refractivity contribution in [3.63, 3.8) is 0 Å². The first-order valence-electron chi connectivity index (χ1n) is 6.69. The van der Waals surface area contributed by atoms with Gasteiger partial charge in [0.05, 0.1) is 4.90 Å². The minimum atomic E-state index is -3.64. The summed E-state index contributed by atoms with van der Waals surface area (Å²) < 4.78 is 27.8. The number of ether oxygens (including phenoxy) is 1. The van der Waals surface area contributed by atoms with Crippen LogP contribution in [0.2, 0.25) is 0 Å². The molecule has 1 saturated heterocycles. The third-order valence-corrected chi connectivity index (χ3v) is 4.39. The average Bonchev–Trinajstić information content (AvgIpc) is 2.41. The van der Waals surface area contributed by atoms with Gasteiger partial charge in [-0.05, 0) is 50.2 Å². The van der Waals surface area contributed by atoms with Gasteiger partial charge in [-0.2, -0.15) is 0 Å². The second-order valence-electron chi connectivity index (χ2n) is 5.04. The van der Waals surface area contributed by atoms with E-state index in [1.165, 1.54) is 12.1 Å². The monoisotopic (exact) mass is 335 g/mol. The predicted molar refractivity (Wildman–Crippen MR) is 84.2 cm³/mol. The molecule has 1 aromatic rings. The van der Waals surface area contributed by atoms with Gasteiger partial charge in [0.1, 0.15) is 12.4 Å². The van der Waals surface area contributed by atoms with Crippen molar-refractivity contribution in [1.82, 2.24) is 4.90 Å². The maximum absolute atomic E-state index is 11.1. The largest absolute Gasteiger partial charge is 0.492 e. The molecule has 0 unspecified atom stereocenters. The fraction of sp³-hybridized carbons (Fsp3) is 0.538. The number of nitrogens with zero attached hydrogens (tertiary/aromatic N) is 1. The lowest BCUT2D eigenvalue weighted by Crippen LogP contribution is -2.41. The molecule has 2 rings (SSSR count). The van der Waals surface area contributed by atoms with Crippen molar-refractivity contribution in [2.45, 2.75) is 23.8 Å². The second kappa shape index (κ2) is 7.95. The third-order valence-electron chi connectivity index (χ3n) is 3.46. The van der Waals surface area contributed by atoms with Crippen molar-refractivity contribution in [1.29, 1.82) is 0 Å². The van der Waals surface area contributed by atoms with Crippen LogP contribution in [-0.4, -0.2) is 45.6 Å². The third kappa shape index (κ3) is 5.80. The molecule has 1 fully saturated rings. The van der Waals surface area contributed by atoms with Crippen molar-refractivity contribution in [2.75, 3.05) is 26.2 Å². The van der Waals surface area contributed by atoms with Gasteiger partial charge in [-0.15, -0.1) is 12.4 Å². The van der Waals surface area contributed by atoms with Crippen molar-refractivity contribution >= 4 is 22.4 Å². The van der Waals surface area contributed by atoms with E-state index in [-0.39, 0.29) is 17.3 Å². The van der Waals surface area contributed by atoms with Crippen LogP contribution in [0.4, 0.5) is 0 Å². The Morgan fingerprint density at radius 1 is 1.19 bits per heavy atom. The molecule has 8 heteroatoms. The summed E-state index contributed by atoms with van der Waals surface area (Å²) in [6, 6.07) is 6.46. The van der Waals surface area contributed by atoms with E-state index >= 15 is 0 Å². The fourth-order valence-electron chi connectivity index (χ4n) is 2.19. The Morgan fingerprint density at radius 2 is 1.76 bits per heavy atom. The zero-order chi connectivity index (χ0) is 14.6. The normalized spacial score (nSPS) is 17.2. The first kappa shape index (κ1) is 18.2. The standard InChI is InChI=1S/C13H21N3O3S.ClH/c14-11-5-7-16(8-6-11)9-10-19-12-1-3-13(4-2-12)20(15,17)18;/h1-4,11H,5-10,14H2,(H2,15,17,18);1H. The van der Waals surface area contributed by atoms with Crippen molar-refractivity contribution < 1.29 is 13.2 Å². The van der Waals surface area contributed by atoms with E-state index in [1.807, 2.05) is 0 Å². The van der Waals surface area contributed by atoms with E-state index in [0.29, 0.717) is 18.4 Å². The Labute approximate surface area is 131 Å². The van der Waals surface area contributed by atoms with Crippen LogP contribution in [0.1, 0.15) is 12.8 Å². The Kier molecular flexibility index (Phi) is 6.89. The summed E-state index contributed by atoms with van der Waals surface area (Å²) >= 11 is 0. The Balaban J connectivity index is 0.00000220. The molecule has 1 aromatic carbocycles. The number of sulfonamides is 1. The smallest absolute Gasteiger partial charge is 0.238 e. The summed E-state index contributed by atoms with van der Waals surface area (Å²) in [6.45, 7) is 3.44. The first-order chi connectivity index (χ1) is 9.45. The molecule has 1 aliphatic heterocycles. The minimum absolute atomic E-state index is 0. The van der Waals surface area contributed by atoms with Gasteiger partial charge in [-0.1, -0.05) is 0 Å². The van der Waals surface area contributed by atoms with Gasteiger partial charge in [0.15, 0.2) is 0 Å². The predicted octanol–water partition coefficient (Wildman–Crippen LogP) is 0.558. The lowest BCUT2D eigenvalue weighted by atomic mass is 10.1. The quantitative estimate of drug-likeness (QED) is 0.819. The molecule has 6 nitrogen and oxygen atoms in total. The molecule has 0 aromatic heterocycles. The number of primary sulfonamides is 1. The van der Waals surface area contributed by atoms with E-state index in [0.717, 1.165) is 32.5 Å². The molecule has 0 aliphatic carbocycles. The summed E-state index contributed by atoms with van der Waals surface area (Å²) in [5, 5.41) is 5.03. The fourth-order valence-corrected chi connectivity index (χ4v) is 2.71. The average molecular weight is 336 g/mol. The molecule has 0 bridgehead atoms. The lowest BCUT2D eigenvalue weighted by Gasteiger charge is -2.29. The molecule has 1 heterocycles. The Bertz CT molecular complexity index is 528. The number of piperidine rings is 1. The van der Waals surface area contributed by atoms with Crippen LogP contribution in [0.3, 0.4) is 0 Å². The van der Waals surface area contributed by atoms with Gasteiger partial charge in [-0.3, -0.25) is 4.90 Å². The van der Waals surface area contributed by atoms with Crippen molar-refractivity contribution in [3.05, 3.63) is 24.3 Å². The molecule has 0 spiro atoms. The molecule has 4 N–H and O–H groups in total. The van der Waals surface area contributed by atoms with E-state index in [2.05, 4.69) is 4.90 Å². The van der Waals surface area contributed by atoms with Crippen LogP contribution in [0.25, 0.3) is 0 Å². The second-order valence-corrected chi connectivity index (χ2v) is 6.61. The number of likely N-dealkylation sites (tertiary alicyclic amines) is 1. The first-order valence-corrected chi connectivity index (χ1v) is 8.23. The van der Waals surface area contributed by atoms with Gasteiger partial charge in [0.2, 0.25) is 10.0 Å². The summed E-state index contributed by atoms with van der Waals surface area (Å²) in [5.41, 5.74) is 5.85. The van der Waals surface area contributed by atoms with Crippen LogP contribution in [0.15, 0.2) is 29.2 Å². The summed E-state index contributed by atoms with van der Waals surface area (Å²) in [7, 11) is -3.64. The Morgan fingerprint density at radius 3 is 2.29 bits per heavy atom. The van der Waals surface area contributed by atoms with E-state index in [4.69, 9.17) is 15.6 Å². The van der Waals surface area contributed by atoms with Crippen molar-refractivity contribution in [2.24, 2.45) is 10.9 Å². The number of halogens is 1.